The van der Waals surface area contributed by atoms with Gasteiger partial charge in [0.25, 0.3) is 5.91 Å². The Morgan fingerprint density at radius 1 is 1.06 bits per heavy atom. The van der Waals surface area contributed by atoms with Gasteiger partial charge in [-0.2, -0.15) is 0 Å². The van der Waals surface area contributed by atoms with Crippen molar-refractivity contribution in [2.24, 2.45) is 0 Å². The number of carbonyl (C=O) groups is 1. The summed E-state index contributed by atoms with van der Waals surface area (Å²) in [6.45, 7) is 3.36. The van der Waals surface area contributed by atoms with Crippen LogP contribution in [0.25, 0.3) is 0 Å². The third-order valence-electron chi connectivity index (χ3n) is 2.58. The van der Waals surface area contributed by atoms with Gasteiger partial charge in [-0.3, -0.25) is 4.79 Å². The number of hydrogen-bond donors (Lipinski definition) is 5. The quantitative estimate of drug-likeness (QED) is 0.335. The van der Waals surface area contributed by atoms with E-state index in [1.807, 2.05) is 0 Å². The molecule has 17 heavy (non-hydrogen) atoms. The van der Waals surface area contributed by atoms with Gasteiger partial charge < -0.3 is 30.4 Å². The normalized spacial score (nSPS) is 18.3. The van der Waals surface area contributed by atoms with Gasteiger partial charge in [0.2, 0.25) is 0 Å². The topological polar surface area (TPSA) is 121 Å². The summed E-state index contributed by atoms with van der Waals surface area (Å²) in [6, 6.07) is 0. The van der Waals surface area contributed by atoms with Gasteiger partial charge in [0.15, 0.2) is 6.10 Å². The summed E-state index contributed by atoms with van der Waals surface area (Å²) in [7, 11) is 0. The lowest BCUT2D eigenvalue weighted by molar-refractivity contribution is -0.158. The molecule has 0 unspecified atom stereocenters. The Morgan fingerprint density at radius 2 is 1.53 bits per heavy atom. The maximum absolute atomic E-state index is 11.6. The maximum atomic E-state index is 11.6. The monoisotopic (exact) mass is 251 g/mol. The molecule has 5 N–H and O–H groups in total. The van der Waals surface area contributed by atoms with Crippen LogP contribution >= 0.6 is 0 Å². The number of aliphatic hydroxyl groups is 5. The van der Waals surface area contributed by atoms with E-state index < -0.39 is 36.9 Å². The van der Waals surface area contributed by atoms with Crippen LogP contribution in [0.3, 0.4) is 0 Å². The van der Waals surface area contributed by atoms with E-state index in [2.05, 4.69) is 0 Å². The van der Waals surface area contributed by atoms with Gasteiger partial charge in [0.05, 0.1) is 6.61 Å². The summed E-state index contributed by atoms with van der Waals surface area (Å²) in [5.41, 5.74) is 0. The fourth-order valence-corrected chi connectivity index (χ4v) is 1.39. The first-order valence-corrected chi connectivity index (χ1v) is 5.52. The molecule has 7 nitrogen and oxygen atoms in total. The molecular formula is C10H21NO6. The first-order valence-electron chi connectivity index (χ1n) is 5.52. The average Bonchev–Trinajstić information content (AvgIpc) is 2.36. The van der Waals surface area contributed by atoms with Crippen LogP contribution in [0.15, 0.2) is 0 Å². The van der Waals surface area contributed by atoms with Crippen LogP contribution in [0.4, 0.5) is 0 Å². The predicted octanol–water partition coefficient (Wildman–Crippen LogP) is -2.71. The summed E-state index contributed by atoms with van der Waals surface area (Å²) in [4.78, 5) is 12.9. The van der Waals surface area contributed by atoms with Crippen LogP contribution in [-0.2, 0) is 4.79 Å². The molecule has 0 saturated carbocycles. The zero-order chi connectivity index (χ0) is 13.6. The minimum Gasteiger partial charge on any atom is -0.394 e. The van der Waals surface area contributed by atoms with Gasteiger partial charge >= 0.3 is 0 Å². The first-order chi connectivity index (χ1) is 7.90. The molecule has 0 heterocycles. The number of amides is 1. The molecular weight excluding hydrogens is 230 g/mol. The SMILES string of the molecule is CCN(CC)C(=O)[C@H](O)[C@@H](O)[C@H](O)[C@H](O)CO. The molecule has 0 aromatic heterocycles. The Bertz CT molecular complexity index is 233. The highest BCUT2D eigenvalue weighted by molar-refractivity contribution is 5.81. The summed E-state index contributed by atoms with van der Waals surface area (Å²) in [5.74, 6) is -0.730. The molecule has 0 saturated heterocycles. The Labute approximate surface area is 99.9 Å². The minimum absolute atomic E-state index is 0.359. The highest BCUT2D eigenvalue weighted by Gasteiger charge is 2.35. The predicted molar refractivity (Wildman–Crippen MR) is 59.0 cm³/mol. The van der Waals surface area contributed by atoms with Crippen LogP contribution in [0, 0.1) is 0 Å². The molecule has 7 heteroatoms. The molecule has 0 bridgehead atoms. The second-order valence-electron chi connectivity index (χ2n) is 3.69. The molecule has 1 amide bonds. The number of aliphatic hydroxyl groups excluding tert-OH is 5. The van der Waals surface area contributed by atoms with Crippen molar-refractivity contribution in [2.45, 2.75) is 38.3 Å². The van der Waals surface area contributed by atoms with Crippen molar-refractivity contribution >= 4 is 5.91 Å². The fourth-order valence-electron chi connectivity index (χ4n) is 1.39. The molecule has 0 aliphatic rings. The van der Waals surface area contributed by atoms with Crippen LogP contribution in [0.5, 0.6) is 0 Å². The van der Waals surface area contributed by atoms with E-state index in [1.165, 1.54) is 4.90 Å². The van der Waals surface area contributed by atoms with Gasteiger partial charge in [-0.25, -0.2) is 0 Å². The van der Waals surface area contributed by atoms with Crippen LogP contribution in [0.1, 0.15) is 13.8 Å². The number of carbonyl (C=O) groups excluding carboxylic acids is 1. The van der Waals surface area contributed by atoms with Crippen molar-refractivity contribution in [2.75, 3.05) is 19.7 Å². The van der Waals surface area contributed by atoms with E-state index >= 15 is 0 Å². The standard InChI is InChI=1S/C10H21NO6/c1-3-11(4-2)10(17)9(16)8(15)7(14)6(13)5-12/h6-9,12-16H,3-5H2,1-2H3/t6-,7-,8+,9-/m1/s1. The lowest BCUT2D eigenvalue weighted by Crippen LogP contribution is -2.52. The molecule has 0 aromatic carbocycles. The van der Waals surface area contributed by atoms with Crippen molar-refractivity contribution in [3.8, 4) is 0 Å². The molecule has 0 aromatic rings. The van der Waals surface area contributed by atoms with E-state index in [4.69, 9.17) is 10.2 Å². The zero-order valence-corrected chi connectivity index (χ0v) is 10.0. The number of likely N-dealkylation sites (N-methyl/N-ethyl adjacent to an activating group) is 1. The molecule has 0 aliphatic carbocycles. The van der Waals surface area contributed by atoms with Crippen LogP contribution in [-0.4, -0.2) is 80.5 Å². The fraction of sp³-hybridized carbons (Fsp3) is 0.900. The summed E-state index contributed by atoms with van der Waals surface area (Å²) >= 11 is 0. The molecule has 0 fully saturated rings. The van der Waals surface area contributed by atoms with E-state index in [9.17, 15) is 20.1 Å². The van der Waals surface area contributed by atoms with Crippen molar-refractivity contribution in [1.29, 1.82) is 0 Å². The molecule has 0 radical (unpaired) electrons. The van der Waals surface area contributed by atoms with Crippen LogP contribution in [0.2, 0.25) is 0 Å². The average molecular weight is 251 g/mol. The van der Waals surface area contributed by atoms with Crippen molar-refractivity contribution in [3.05, 3.63) is 0 Å². The molecule has 0 spiro atoms. The lowest BCUT2D eigenvalue weighted by atomic mass is 10.0. The van der Waals surface area contributed by atoms with Gasteiger partial charge in [-0.1, -0.05) is 0 Å². The Balaban J connectivity index is 4.58. The smallest absolute Gasteiger partial charge is 0.254 e. The summed E-state index contributed by atoms with van der Waals surface area (Å²) in [5, 5.41) is 46.0. The first kappa shape index (κ1) is 16.3. The summed E-state index contributed by atoms with van der Waals surface area (Å²) in [6.07, 6.45) is -7.06. The maximum Gasteiger partial charge on any atom is 0.254 e. The molecule has 0 aliphatic heterocycles. The largest absolute Gasteiger partial charge is 0.394 e. The Hall–Kier alpha value is -0.730. The molecule has 4 atom stereocenters. The molecule has 102 valence electrons. The second kappa shape index (κ2) is 7.57. The lowest BCUT2D eigenvalue weighted by Gasteiger charge is -2.28. The zero-order valence-electron chi connectivity index (χ0n) is 10.0. The Kier molecular flexibility index (Phi) is 7.24. The minimum atomic E-state index is -1.84. The highest BCUT2D eigenvalue weighted by atomic mass is 16.4. The van der Waals surface area contributed by atoms with Gasteiger partial charge in [0, 0.05) is 13.1 Å². The van der Waals surface area contributed by atoms with Crippen molar-refractivity contribution in [3.63, 3.8) is 0 Å². The van der Waals surface area contributed by atoms with Gasteiger partial charge in [0.1, 0.15) is 18.3 Å². The van der Waals surface area contributed by atoms with Crippen molar-refractivity contribution < 1.29 is 30.3 Å². The van der Waals surface area contributed by atoms with E-state index in [-0.39, 0.29) is 0 Å². The highest BCUT2D eigenvalue weighted by Crippen LogP contribution is 2.08. The van der Waals surface area contributed by atoms with E-state index in [1.54, 1.807) is 13.8 Å². The number of hydrogen-bond acceptors (Lipinski definition) is 6. The molecule has 0 rings (SSSR count). The van der Waals surface area contributed by atoms with Crippen LogP contribution < -0.4 is 0 Å². The van der Waals surface area contributed by atoms with Crippen molar-refractivity contribution in [1.82, 2.24) is 4.90 Å². The number of nitrogens with zero attached hydrogens (tertiary/aromatic N) is 1. The Morgan fingerprint density at radius 3 is 1.88 bits per heavy atom. The van der Waals surface area contributed by atoms with Gasteiger partial charge in [-0.05, 0) is 13.8 Å². The third-order valence-corrected chi connectivity index (χ3v) is 2.58. The summed E-state index contributed by atoms with van der Waals surface area (Å²) < 4.78 is 0. The van der Waals surface area contributed by atoms with E-state index in [0.29, 0.717) is 13.1 Å². The van der Waals surface area contributed by atoms with E-state index in [0.717, 1.165) is 0 Å². The third kappa shape index (κ3) is 4.21. The second-order valence-corrected chi connectivity index (χ2v) is 3.69. The van der Waals surface area contributed by atoms with Gasteiger partial charge in [-0.15, -0.1) is 0 Å². The number of rotatable bonds is 7.